The van der Waals surface area contributed by atoms with E-state index in [4.69, 9.17) is 30.5 Å². The maximum atomic E-state index is 13.0. The number of nitrogens with one attached hydrogen (secondary N) is 1. The van der Waals surface area contributed by atoms with Gasteiger partial charge in [-0.1, -0.05) is 41.9 Å². The number of β-amino-alcohol motifs (C(OH)–C–C–N with tert-alkyl or cyclic N) is 1. The van der Waals surface area contributed by atoms with Crippen molar-refractivity contribution in [2.45, 2.75) is 88.3 Å². The lowest BCUT2D eigenvalue weighted by molar-refractivity contribution is -0.384. The van der Waals surface area contributed by atoms with Crippen LogP contribution in [0.5, 0.6) is 11.8 Å². The van der Waals surface area contributed by atoms with Crippen molar-refractivity contribution < 1.29 is 37.1 Å². The first-order valence-corrected chi connectivity index (χ1v) is 23.2. The molecule has 17 heteroatoms. The number of nitrogens with zero attached hydrogens (tertiary/aromatic N) is 5. The number of hydrogen-bond donors (Lipinski definition) is 2. The fourth-order valence-corrected chi connectivity index (χ4v) is 11.7. The van der Waals surface area contributed by atoms with Crippen LogP contribution in [0.3, 0.4) is 0 Å². The molecule has 3 aliphatic carbocycles. The Balaban J connectivity index is 0.910. The third-order valence-corrected chi connectivity index (χ3v) is 15.5. The van der Waals surface area contributed by atoms with Gasteiger partial charge in [-0.25, -0.2) is 13.4 Å². The van der Waals surface area contributed by atoms with Gasteiger partial charge in [-0.05, 0) is 116 Å². The maximum absolute atomic E-state index is 13.0. The van der Waals surface area contributed by atoms with Gasteiger partial charge >= 0.3 is 5.69 Å². The Morgan fingerprint density at radius 3 is 2.50 bits per heavy atom. The Bertz CT molecular complexity index is 2760. The van der Waals surface area contributed by atoms with Crippen LogP contribution in [0.4, 0.5) is 5.69 Å². The quantitative estimate of drug-likeness (QED) is 0.0965. The lowest BCUT2D eigenvalue weighted by Gasteiger charge is -2.24. The molecule has 5 aliphatic rings. The number of carbonyl (C=O) groups excluding carboxylic acids is 1. The van der Waals surface area contributed by atoms with Crippen LogP contribution in [0, 0.1) is 23.0 Å². The fourth-order valence-electron chi connectivity index (χ4n) is 10.1. The van der Waals surface area contributed by atoms with Crippen LogP contribution in [0.15, 0.2) is 52.9 Å². The molecule has 324 valence electrons. The van der Waals surface area contributed by atoms with E-state index in [1.807, 2.05) is 37.3 Å². The van der Waals surface area contributed by atoms with Crippen molar-refractivity contribution >= 4 is 44.3 Å². The van der Waals surface area contributed by atoms with Crippen molar-refractivity contribution in [3.05, 3.63) is 97.0 Å². The molecule has 2 saturated heterocycles. The lowest BCUT2D eigenvalue weighted by atomic mass is 9.91. The normalized spacial score (nSPS) is 22.6. The Morgan fingerprint density at radius 1 is 0.968 bits per heavy atom. The second-order valence-electron chi connectivity index (χ2n) is 17.3. The summed E-state index contributed by atoms with van der Waals surface area (Å²) in [7, 11) is -2.07. The average molecular weight is 883 g/mol. The van der Waals surface area contributed by atoms with E-state index in [1.54, 1.807) is 7.11 Å². The summed E-state index contributed by atoms with van der Waals surface area (Å²) >= 11 is 6.77. The minimum atomic E-state index is -3.65. The number of rotatable bonds is 12. The van der Waals surface area contributed by atoms with Crippen LogP contribution in [-0.2, 0) is 34.2 Å². The third-order valence-electron chi connectivity index (χ3n) is 13.4. The summed E-state index contributed by atoms with van der Waals surface area (Å²) in [6, 6.07) is 15.6. The van der Waals surface area contributed by atoms with Gasteiger partial charge in [-0.3, -0.25) is 29.4 Å². The fraction of sp³-hybridized carbons (Fsp3) is 0.444. The van der Waals surface area contributed by atoms with E-state index < -0.39 is 27.1 Å². The monoisotopic (exact) mass is 882 g/mol. The van der Waals surface area contributed by atoms with Crippen molar-refractivity contribution in [3.63, 3.8) is 0 Å². The number of likely N-dealkylation sites (tertiary alicyclic amines) is 2. The number of carbonyl (C=O) groups is 1. The van der Waals surface area contributed by atoms with E-state index in [1.165, 1.54) is 0 Å². The number of sulfonamides is 1. The number of hydrogen-bond acceptors (Lipinski definition) is 13. The van der Waals surface area contributed by atoms with E-state index in [9.17, 15) is 28.4 Å². The van der Waals surface area contributed by atoms with Crippen LogP contribution in [0.25, 0.3) is 33.7 Å². The highest BCUT2D eigenvalue weighted by atomic mass is 35.5. The Labute approximate surface area is 363 Å². The van der Waals surface area contributed by atoms with Gasteiger partial charge in [0.2, 0.25) is 39.2 Å². The average Bonchev–Trinajstić information content (AvgIpc) is 3.65. The molecule has 3 fully saturated rings. The zero-order chi connectivity index (χ0) is 43.0. The van der Waals surface area contributed by atoms with E-state index in [0.29, 0.717) is 98.1 Å². The van der Waals surface area contributed by atoms with Gasteiger partial charge in [0.25, 0.3) is 0 Å². The van der Waals surface area contributed by atoms with Crippen molar-refractivity contribution in [2.24, 2.45) is 5.92 Å². The van der Waals surface area contributed by atoms with Crippen LogP contribution in [-0.4, -0.2) is 88.8 Å². The van der Waals surface area contributed by atoms with E-state index in [-0.39, 0.29) is 40.3 Å². The second-order valence-corrected chi connectivity index (χ2v) is 19.6. The number of nitro groups is 1. The first-order chi connectivity index (χ1) is 29.9. The number of benzene rings is 3. The van der Waals surface area contributed by atoms with Crippen molar-refractivity contribution in [3.8, 4) is 34.3 Å². The van der Waals surface area contributed by atoms with Gasteiger partial charge in [0, 0.05) is 48.9 Å². The molecule has 15 nitrogen and oxygen atoms in total. The smallest absolute Gasteiger partial charge is 0.317 e. The summed E-state index contributed by atoms with van der Waals surface area (Å²) in [5.74, 6) is 0.0534. The van der Waals surface area contributed by atoms with Gasteiger partial charge in [-0.15, -0.1) is 0 Å². The number of aromatic nitrogens is 2. The lowest BCUT2D eigenvalue weighted by Crippen LogP contribution is -2.38. The number of methoxy groups -OCH3 is 1. The van der Waals surface area contributed by atoms with Gasteiger partial charge in [-0.2, -0.15) is 4.98 Å². The molecule has 5 aromatic rings. The SMILES string of the molecule is COc1nc(O[C@H]2CCc3c(-c4cccc(-c5nc6cc7c(c([N+](=O)[O-])c6o5)CC[C@H]7N5CC[C@@H](C(=O)NS(=O)(=O)C6CC6)C5)c4C)cccc32)c(Cl)cc1CN1CC[C@@H](O)C1. The van der Waals surface area contributed by atoms with E-state index in [2.05, 4.69) is 37.7 Å². The Kier molecular flexibility index (Phi) is 10.5. The summed E-state index contributed by atoms with van der Waals surface area (Å²) in [6.45, 7) is 4.88. The zero-order valence-electron chi connectivity index (χ0n) is 34.4. The van der Waals surface area contributed by atoms with Crippen molar-refractivity contribution in [1.29, 1.82) is 0 Å². The molecule has 0 spiro atoms. The predicted molar refractivity (Wildman–Crippen MR) is 230 cm³/mol. The second kappa shape index (κ2) is 15.9. The molecule has 4 heterocycles. The molecule has 2 aliphatic heterocycles. The summed E-state index contributed by atoms with van der Waals surface area (Å²) in [5.41, 5.74) is 8.49. The molecule has 0 unspecified atom stereocenters. The summed E-state index contributed by atoms with van der Waals surface area (Å²) in [5, 5.41) is 22.6. The number of ether oxygens (including phenoxy) is 2. The molecule has 1 saturated carbocycles. The summed E-state index contributed by atoms with van der Waals surface area (Å²) in [4.78, 5) is 39.2. The van der Waals surface area contributed by atoms with Crippen molar-refractivity contribution in [2.75, 3.05) is 33.3 Å². The molecule has 4 atom stereocenters. The number of pyridine rings is 1. The number of amides is 1. The first kappa shape index (κ1) is 40.9. The molecule has 1 amide bonds. The largest absolute Gasteiger partial charge is 0.481 e. The number of aliphatic hydroxyl groups excluding tert-OH is 1. The molecular formula is C45H47ClN6O9S. The molecule has 62 heavy (non-hydrogen) atoms. The van der Waals surface area contributed by atoms with Gasteiger partial charge in [0.05, 0.1) is 29.3 Å². The van der Waals surface area contributed by atoms with Crippen LogP contribution in [0.2, 0.25) is 5.02 Å². The van der Waals surface area contributed by atoms with Gasteiger partial charge in [0.1, 0.15) is 16.6 Å². The minimum absolute atomic E-state index is 0.0863. The standard InChI is InChI=1S/C45H47ClN6O9S/c1-24-29(31-7-4-8-33-32(31)12-14-39(33)60-45-36(46)19-26(43(48-45)59-2)21-50-17-16-27(53)23-50)5-3-6-30(24)44-47-37-20-35-34(40(52(55)56)41(37)61-44)11-13-38(35)51-18-15-25(22-51)42(54)49-62(57,58)28-9-10-28/h3-8,19-20,25,27-28,38-39,53H,9-18,21-23H2,1-2H3,(H,49,54)/t25-,27-,38-,39+/m1/s1. The minimum Gasteiger partial charge on any atom is -0.481 e. The van der Waals surface area contributed by atoms with E-state index in [0.717, 1.165) is 58.3 Å². The number of aliphatic hydroxyl groups is 1. The molecule has 2 N–H and O–H groups in total. The highest BCUT2D eigenvalue weighted by Gasteiger charge is 2.43. The number of halogens is 1. The molecular weight excluding hydrogens is 836 g/mol. The summed E-state index contributed by atoms with van der Waals surface area (Å²) < 4.78 is 45.7. The van der Waals surface area contributed by atoms with Crippen molar-refractivity contribution in [1.82, 2.24) is 24.5 Å². The van der Waals surface area contributed by atoms with E-state index >= 15 is 0 Å². The Hall–Kier alpha value is -5.13. The molecule has 10 rings (SSSR count). The molecule has 2 aromatic heterocycles. The zero-order valence-corrected chi connectivity index (χ0v) is 36.0. The third kappa shape index (κ3) is 7.38. The number of oxazole rings is 1. The number of nitro benzene ring substituents is 1. The molecule has 0 radical (unpaired) electrons. The van der Waals surface area contributed by atoms with Gasteiger partial charge < -0.3 is 19.0 Å². The number of fused-ring (bicyclic) bond motifs is 3. The topological polar surface area (TPSA) is 190 Å². The van der Waals surface area contributed by atoms with Crippen LogP contribution < -0.4 is 14.2 Å². The molecule has 0 bridgehead atoms. The Morgan fingerprint density at radius 2 is 1.74 bits per heavy atom. The highest BCUT2D eigenvalue weighted by molar-refractivity contribution is 7.90. The van der Waals surface area contributed by atoms with Crippen LogP contribution >= 0.6 is 11.6 Å². The predicted octanol–water partition coefficient (Wildman–Crippen LogP) is 6.99. The first-order valence-electron chi connectivity index (χ1n) is 21.3. The highest BCUT2D eigenvalue weighted by Crippen LogP contribution is 2.48. The van der Waals surface area contributed by atoms with Crippen LogP contribution in [0.1, 0.15) is 84.1 Å². The maximum Gasteiger partial charge on any atom is 0.317 e. The molecule has 3 aromatic carbocycles. The van der Waals surface area contributed by atoms with Gasteiger partial charge in [0.15, 0.2) is 0 Å². The summed E-state index contributed by atoms with van der Waals surface area (Å²) in [6.07, 6.45) is 4.32.